The largest absolute Gasteiger partial charge is 0.300 e. The summed E-state index contributed by atoms with van der Waals surface area (Å²) in [5.74, 6) is 1.12. The minimum atomic E-state index is 0.478. The van der Waals surface area contributed by atoms with Gasteiger partial charge in [-0.2, -0.15) is 0 Å². The number of carbonyl (C=O) groups excluding carboxylic acids is 1. The number of carbonyl (C=O) groups is 1. The highest BCUT2D eigenvalue weighted by atomic mass is 16.1. The topological polar surface area (TPSA) is 20.3 Å². The second kappa shape index (κ2) is 4.26. The van der Waals surface area contributed by atoms with Crippen molar-refractivity contribution in [2.45, 2.75) is 38.1 Å². The average molecular weight is 193 g/mol. The molecule has 0 aromatic heterocycles. The van der Waals surface area contributed by atoms with Gasteiger partial charge in [0.25, 0.3) is 0 Å². The number of nitrogens with zero attached hydrogens (tertiary/aromatic N) is 1. The van der Waals surface area contributed by atoms with E-state index in [4.69, 9.17) is 0 Å². The van der Waals surface area contributed by atoms with Gasteiger partial charge in [-0.05, 0) is 31.7 Å². The number of piperidine rings is 1. The minimum Gasteiger partial charge on any atom is -0.300 e. The van der Waals surface area contributed by atoms with Crippen LogP contribution in [0.1, 0.15) is 32.1 Å². The molecule has 0 N–H and O–H groups in total. The third-order valence-electron chi connectivity index (χ3n) is 3.61. The fraction of sp³-hybridized carbons (Fsp3) is 0.750. The molecule has 2 aliphatic rings. The molecule has 2 nitrogen and oxygen atoms in total. The number of fused-ring (bicyclic) bond motifs is 1. The smallest absolute Gasteiger partial charge is 0.133 e. The highest BCUT2D eigenvalue weighted by molar-refractivity contribution is 5.79. The fourth-order valence-corrected chi connectivity index (χ4v) is 2.97. The standard InChI is InChI=1S/C12H19NO/c1-2-7-13-8-3-4-10-9-11(14)5-6-12(10)13/h2,10,12H,1,3-9H2. The van der Waals surface area contributed by atoms with Crippen molar-refractivity contribution in [3.63, 3.8) is 0 Å². The van der Waals surface area contributed by atoms with Gasteiger partial charge >= 0.3 is 0 Å². The van der Waals surface area contributed by atoms with Gasteiger partial charge in [-0.1, -0.05) is 6.08 Å². The predicted octanol–water partition coefficient (Wildman–Crippen LogP) is 2.01. The summed E-state index contributed by atoms with van der Waals surface area (Å²) in [4.78, 5) is 13.9. The van der Waals surface area contributed by atoms with Crippen molar-refractivity contribution in [1.29, 1.82) is 0 Å². The monoisotopic (exact) mass is 193 g/mol. The molecule has 14 heavy (non-hydrogen) atoms. The third-order valence-corrected chi connectivity index (χ3v) is 3.61. The molecule has 0 bridgehead atoms. The van der Waals surface area contributed by atoms with E-state index in [0.717, 1.165) is 25.8 Å². The molecule has 0 aromatic rings. The number of likely N-dealkylation sites (tertiary alicyclic amines) is 1. The molecule has 2 atom stereocenters. The maximum Gasteiger partial charge on any atom is 0.133 e. The summed E-state index contributed by atoms with van der Waals surface area (Å²) in [5, 5.41) is 0. The van der Waals surface area contributed by atoms with Crippen LogP contribution in [0.15, 0.2) is 12.7 Å². The quantitative estimate of drug-likeness (QED) is 0.625. The van der Waals surface area contributed by atoms with Crippen molar-refractivity contribution in [2.75, 3.05) is 13.1 Å². The molecule has 2 unspecified atom stereocenters. The van der Waals surface area contributed by atoms with E-state index in [2.05, 4.69) is 11.5 Å². The Kier molecular flexibility index (Phi) is 3.02. The van der Waals surface area contributed by atoms with Crippen LogP contribution in [0.4, 0.5) is 0 Å². The van der Waals surface area contributed by atoms with Gasteiger partial charge in [0.05, 0.1) is 0 Å². The second-order valence-corrected chi connectivity index (χ2v) is 4.53. The van der Waals surface area contributed by atoms with Crippen LogP contribution < -0.4 is 0 Å². The summed E-state index contributed by atoms with van der Waals surface area (Å²) < 4.78 is 0. The first-order chi connectivity index (χ1) is 6.81. The average Bonchev–Trinajstić information content (AvgIpc) is 2.18. The Balaban J connectivity index is 2.02. The molecule has 1 heterocycles. The molecule has 0 spiro atoms. The van der Waals surface area contributed by atoms with E-state index < -0.39 is 0 Å². The highest BCUT2D eigenvalue weighted by Crippen LogP contribution is 2.33. The molecule has 0 radical (unpaired) electrons. The zero-order chi connectivity index (χ0) is 9.97. The van der Waals surface area contributed by atoms with Crippen LogP contribution in [0, 0.1) is 5.92 Å². The molecule has 1 aliphatic heterocycles. The summed E-state index contributed by atoms with van der Waals surface area (Å²) in [6, 6.07) is 0.666. The predicted molar refractivity (Wildman–Crippen MR) is 57.1 cm³/mol. The van der Waals surface area contributed by atoms with Gasteiger partial charge in [-0.25, -0.2) is 0 Å². The van der Waals surface area contributed by atoms with Gasteiger partial charge < -0.3 is 0 Å². The molecule has 2 fully saturated rings. The summed E-state index contributed by atoms with van der Waals surface area (Å²) in [5.41, 5.74) is 0. The van der Waals surface area contributed by atoms with Crippen LogP contribution in [-0.2, 0) is 4.79 Å². The Morgan fingerprint density at radius 2 is 2.36 bits per heavy atom. The zero-order valence-corrected chi connectivity index (χ0v) is 8.74. The second-order valence-electron chi connectivity index (χ2n) is 4.53. The Bertz CT molecular complexity index is 230. The Hall–Kier alpha value is -0.630. The molecule has 0 aromatic carbocycles. The van der Waals surface area contributed by atoms with Crippen molar-refractivity contribution in [3.8, 4) is 0 Å². The third kappa shape index (κ3) is 1.90. The van der Waals surface area contributed by atoms with Crippen molar-refractivity contribution in [1.82, 2.24) is 4.90 Å². The van der Waals surface area contributed by atoms with Gasteiger partial charge in [-0.3, -0.25) is 9.69 Å². The molecule has 2 heteroatoms. The van der Waals surface area contributed by atoms with Gasteiger partial charge in [0.1, 0.15) is 5.78 Å². The Labute approximate surface area is 86.0 Å². The SMILES string of the molecule is C=CCN1CCCC2CC(=O)CCC21. The molecule has 0 amide bonds. The summed E-state index contributed by atoms with van der Waals surface area (Å²) in [7, 11) is 0. The van der Waals surface area contributed by atoms with Crippen LogP contribution in [0.5, 0.6) is 0 Å². The molecule has 2 rings (SSSR count). The van der Waals surface area contributed by atoms with Crippen molar-refractivity contribution < 1.29 is 4.79 Å². The number of Topliss-reactive ketones (excluding diaryl/α,β-unsaturated/α-hetero) is 1. The maximum absolute atomic E-state index is 11.3. The van der Waals surface area contributed by atoms with Crippen LogP contribution >= 0.6 is 0 Å². The van der Waals surface area contributed by atoms with E-state index in [0.29, 0.717) is 17.7 Å². The molecule has 1 aliphatic carbocycles. The lowest BCUT2D eigenvalue weighted by Gasteiger charge is -2.43. The lowest BCUT2D eigenvalue weighted by molar-refractivity contribution is -0.124. The van der Waals surface area contributed by atoms with Crippen molar-refractivity contribution in [2.24, 2.45) is 5.92 Å². The molecule has 1 saturated carbocycles. The molecule has 1 saturated heterocycles. The Morgan fingerprint density at radius 1 is 1.50 bits per heavy atom. The normalized spacial score (nSPS) is 33.9. The summed E-state index contributed by atoms with van der Waals surface area (Å²) in [6.07, 6.45) is 7.20. The molecular formula is C12H19NO. The first kappa shape index (κ1) is 9.91. The lowest BCUT2D eigenvalue weighted by atomic mass is 9.78. The number of hydrogen-bond donors (Lipinski definition) is 0. The van der Waals surface area contributed by atoms with Crippen LogP contribution in [0.25, 0.3) is 0 Å². The summed E-state index contributed by atoms with van der Waals surface area (Å²) >= 11 is 0. The van der Waals surface area contributed by atoms with Crippen LogP contribution in [0.2, 0.25) is 0 Å². The van der Waals surface area contributed by atoms with E-state index >= 15 is 0 Å². The van der Waals surface area contributed by atoms with E-state index in [1.54, 1.807) is 0 Å². The summed E-state index contributed by atoms with van der Waals surface area (Å²) in [6.45, 7) is 5.99. The van der Waals surface area contributed by atoms with E-state index in [9.17, 15) is 4.79 Å². The van der Waals surface area contributed by atoms with Gasteiger partial charge in [0.2, 0.25) is 0 Å². The number of ketones is 1. The van der Waals surface area contributed by atoms with Crippen molar-refractivity contribution >= 4 is 5.78 Å². The minimum absolute atomic E-state index is 0.478. The first-order valence-corrected chi connectivity index (χ1v) is 5.68. The van der Waals surface area contributed by atoms with Crippen molar-refractivity contribution in [3.05, 3.63) is 12.7 Å². The molecule has 78 valence electrons. The maximum atomic E-state index is 11.3. The van der Waals surface area contributed by atoms with Gasteiger partial charge in [0.15, 0.2) is 0 Å². The van der Waals surface area contributed by atoms with Gasteiger partial charge in [0, 0.05) is 25.4 Å². The van der Waals surface area contributed by atoms with E-state index in [-0.39, 0.29) is 0 Å². The molecular weight excluding hydrogens is 174 g/mol. The van der Waals surface area contributed by atoms with Gasteiger partial charge in [-0.15, -0.1) is 6.58 Å². The van der Waals surface area contributed by atoms with Crippen LogP contribution in [0.3, 0.4) is 0 Å². The highest BCUT2D eigenvalue weighted by Gasteiger charge is 2.35. The van der Waals surface area contributed by atoms with E-state index in [1.807, 2.05) is 6.08 Å². The van der Waals surface area contributed by atoms with E-state index in [1.165, 1.54) is 19.4 Å². The fourth-order valence-electron chi connectivity index (χ4n) is 2.97. The lowest BCUT2D eigenvalue weighted by Crippen LogP contribution is -2.48. The first-order valence-electron chi connectivity index (χ1n) is 5.68. The number of rotatable bonds is 2. The van der Waals surface area contributed by atoms with Crippen LogP contribution in [-0.4, -0.2) is 29.8 Å². The number of hydrogen-bond acceptors (Lipinski definition) is 2. The Morgan fingerprint density at radius 3 is 3.14 bits per heavy atom. The zero-order valence-electron chi connectivity index (χ0n) is 8.74.